The van der Waals surface area contributed by atoms with Crippen LogP contribution in [0.2, 0.25) is 0 Å². The Kier molecular flexibility index (Phi) is 6.19. The third-order valence-corrected chi connectivity index (χ3v) is 3.28. The third kappa shape index (κ3) is 4.74. The van der Waals surface area contributed by atoms with Gasteiger partial charge in [-0.2, -0.15) is 0 Å². The number of para-hydroxylation sites is 1. The molecule has 0 fully saturated rings. The van der Waals surface area contributed by atoms with E-state index in [1.165, 1.54) is 0 Å². The molecule has 6 nitrogen and oxygen atoms in total. The third-order valence-electron chi connectivity index (χ3n) is 3.28. The highest BCUT2D eigenvalue weighted by Gasteiger charge is 2.12. The van der Waals surface area contributed by atoms with Gasteiger partial charge in [0.1, 0.15) is 5.75 Å². The van der Waals surface area contributed by atoms with Crippen molar-refractivity contribution in [3.63, 3.8) is 0 Å². The molecule has 0 unspecified atom stereocenters. The summed E-state index contributed by atoms with van der Waals surface area (Å²) in [4.78, 5) is 24.3. The van der Waals surface area contributed by atoms with Crippen LogP contribution in [0.25, 0.3) is 0 Å². The van der Waals surface area contributed by atoms with Gasteiger partial charge >= 0.3 is 6.03 Å². The number of rotatable bonds is 6. The number of hydrogen-bond donors (Lipinski definition) is 3. The molecule has 2 aromatic carbocycles. The summed E-state index contributed by atoms with van der Waals surface area (Å²) in [6.07, 6.45) is 0.845. The second-order valence-electron chi connectivity index (χ2n) is 5.11. The fourth-order valence-corrected chi connectivity index (χ4v) is 2.11. The van der Waals surface area contributed by atoms with Gasteiger partial charge in [-0.3, -0.25) is 4.79 Å². The van der Waals surface area contributed by atoms with Crippen molar-refractivity contribution in [3.8, 4) is 5.75 Å². The molecule has 0 aliphatic carbocycles. The predicted octanol–water partition coefficient (Wildman–Crippen LogP) is 3.48. The standard InChI is InChI=1S/C18H21N3O3/c1-3-11-19-17(22)15-9-4-5-10-16(15)21-18(23)20-13-7-6-8-14(12-13)24-2/h4-10,12H,3,11H2,1-2H3,(H,19,22)(H2,20,21,23). The number of carbonyl (C=O) groups is 2. The van der Waals surface area contributed by atoms with Gasteiger partial charge < -0.3 is 20.7 Å². The molecule has 0 aliphatic heterocycles. The molecule has 126 valence electrons. The minimum Gasteiger partial charge on any atom is -0.497 e. The van der Waals surface area contributed by atoms with Crippen LogP contribution < -0.4 is 20.7 Å². The van der Waals surface area contributed by atoms with Crippen LogP contribution in [-0.4, -0.2) is 25.6 Å². The summed E-state index contributed by atoms with van der Waals surface area (Å²) in [5.41, 5.74) is 1.47. The van der Waals surface area contributed by atoms with Crippen molar-refractivity contribution < 1.29 is 14.3 Å². The Bertz CT molecular complexity index is 716. The van der Waals surface area contributed by atoms with Gasteiger partial charge in [0, 0.05) is 18.3 Å². The van der Waals surface area contributed by atoms with E-state index in [0.717, 1.165) is 6.42 Å². The van der Waals surface area contributed by atoms with E-state index in [4.69, 9.17) is 4.74 Å². The lowest BCUT2D eigenvalue weighted by molar-refractivity contribution is 0.0954. The second kappa shape index (κ2) is 8.57. The number of nitrogens with one attached hydrogen (secondary N) is 3. The molecule has 0 saturated heterocycles. The van der Waals surface area contributed by atoms with Crippen LogP contribution in [0.1, 0.15) is 23.7 Å². The topological polar surface area (TPSA) is 79.5 Å². The molecule has 0 atom stereocenters. The van der Waals surface area contributed by atoms with Crippen LogP contribution in [-0.2, 0) is 0 Å². The number of anilines is 2. The van der Waals surface area contributed by atoms with Crippen molar-refractivity contribution in [3.05, 3.63) is 54.1 Å². The number of amides is 3. The van der Waals surface area contributed by atoms with E-state index in [-0.39, 0.29) is 5.91 Å². The van der Waals surface area contributed by atoms with Crippen molar-refractivity contribution in [1.29, 1.82) is 0 Å². The molecular weight excluding hydrogens is 306 g/mol. The Balaban J connectivity index is 2.07. The molecule has 0 aliphatic rings. The Morgan fingerprint density at radius 2 is 1.83 bits per heavy atom. The maximum Gasteiger partial charge on any atom is 0.323 e. The van der Waals surface area contributed by atoms with Gasteiger partial charge in [0.15, 0.2) is 0 Å². The summed E-state index contributed by atoms with van der Waals surface area (Å²) in [6.45, 7) is 2.56. The minimum atomic E-state index is -0.431. The van der Waals surface area contributed by atoms with Gasteiger partial charge in [0.25, 0.3) is 5.91 Å². The fraction of sp³-hybridized carbons (Fsp3) is 0.222. The van der Waals surface area contributed by atoms with Crippen molar-refractivity contribution in [2.24, 2.45) is 0 Å². The van der Waals surface area contributed by atoms with Crippen LogP contribution in [0.15, 0.2) is 48.5 Å². The fourth-order valence-electron chi connectivity index (χ4n) is 2.11. The monoisotopic (exact) mass is 327 g/mol. The largest absolute Gasteiger partial charge is 0.497 e. The quantitative estimate of drug-likeness (QED) is 0.760. The van der Waals surface area contributed by atoms with Crippen LogP contribution in [0.5, 0.6) is 5.75 Å². The summed E-state index contributed by atoms with van der Waals surface area (Å²) >= 11 is 0. The van der Waals surface area contributed by atoms with Crippen molar-refractivity contribution in [2.45, 2.75) is 13.3 Å². The molecule has 0 spiro atoms. The van der Waals surface area contributed by atoms with Crippen molar-refractivity contribution >= 4 is 23.3 Å². The van der Waals surface area contributed by atoms with E-state index in [0.29, 0.717) is 29.2 Å². The minimum absolute atomic E-state index is 0.214. The molecule has 0 heterocycles. The number of urea groups is 1. The Morgan fingerprint density at radius 3 is 2.58 bits per heavy atom. The first kappa shape index (κ1) is 17.3. The van der Waals surface area contributed by atoms with Crippen LogP contribution in [0, 0.1) is 0 Å². The van der Waals surface area contributed by atoms with E-state index in [1.807, 2.05) is 6.92 Å². The van der Waals surface area contributed by atoms with E-state index in [1.54, 1.807) is 55.6 Å². The van der Waals surface area contributed by atoms with Gasteiger partial charge in [0.2, 0.25) is 0 Å². The summed E-state index contributed by atoms with van der Waals surface area (Å²) in [6, 6.07) is 13.5. The predicted molar refractivity (Wildman–Crippen MR) is 94.7 cm³/mol. The van der Waals surface area contributed by atoms with E-state index < -0.39 is 6.03 Å². The molecule has 3 amide bonds. The number of ether oxygens (including phenoxy) is 1. The second-order valence-corrected chi connectivity index (χ2v) is 5.11. The Labute approximate surface area is 141 Å². The molecule has 3 N–H and O–H groups in total. The SMILES string of the molecule is CCCNC(=O)c1ccccc1NC(=O)Nc1cccc(OC)c1. The van der Waals surface area contributed by atoms with Gasteiger partial charge in [-0.1, -0.05) is 25.1 Å². The summed E-state index contributed by atoms with van der Waals surface area (Å²) in [7, 11) is 1.56. The Hall–Kier alpha value is -3.02. The smallest absolute Gasteiger partial charge is 0.323 e. The summed E-state index contributed by atoms with van der Waals surface area (Å²) < 4.78 is 5.12. The van der Waals surface area contributed by atoms with Crippen LogP contribution >= 0.6 is 0 Å². The molecular formula is C18H21N3O3. The van der Waals surface area contributed by atoms with Gasteiger partial charge in [-0.05, 0) is 30.7 Å². The van der Waals surface area contributed by atoms with E-state index in [9.17, 15) is 9.59 Å². The zero-order valence-corrected chi connectivity index (χ0v) is 13.8. The molecule has 6 heteroatoms. The maximum atomic E-state index is 12.2. The van der Waals surface area contributed by atoms with Crippen molar-refractivity contribution in [1.82, 2.24) is 5.32 Å². The summed E-state index contributed by atoms with van der Waals surface area (Å²) in [5, 5.41) is 8.21. The van der Waals surface area contributed by atoms with Gasteiger partial charge in [-0.25, -0.2) is 4.79 Å². The van der Waals surface area contributed by atoms with Crippen LogP contribution in [0.4, 0.5) is 16.2 Å². The molecule has 24 heavy (non-hydrogen) atoms. The lowest BCUT2D eigenvalue weighted by atomic mass is 10.1. The molecule has 0 bridgehead atoms. The van der Waals surface area contributed by atoms with E-state index in [2.05, 4.69) is 16.0 Å². The first-order chi connectivity index (χ1) is 11.6. The highest BCUT2D eigenvalue weighted by Crippen LogP contribution is 2.18. The van der Waals surface area contributed by atoms with Crippen LogP contribution in [0.3, 0.4) is 0 Å². The summed E-state index contributed by atoms with van der Waals surface area (Å²) in [5.74, 6) is 0.432. The molecule has 2 aromatic rings. The number of carbonyl (C=O) groups excluding carboxylic acids is 2. The van der Waals surface area contributed by atoms with Gasteiger partial charge in [0.05, 0.1) is 18.4 Å². The molecule has 0 aromatic heterocycles. The number of benzene rings is 2. The average Bonchev–Trinajstić information content (AvgIpc) is 2.60. The number of hydrogen-bond acceptors (Lipinski definition) is 3. The zero-order chi connectivity index (χ0) is 17.4. The lowest BCUT2D eigenvalue weighted by Crippen LogP contribution is -2.27. The van der Waals surface area contributed by atoms with E-state index >= 15 is 0 Å². The highest BCUT2D eigenvalue weighted by atomic mass is 16.5. The first-order valence-electron chi connectivity index (χ1n) is 7.73. The van der Waals surface area contributed by atoms with Gasteiger partial charge in [-0.15, -0.1) is 0 Å². The lowest BCUT2D eigenvalue weighted by Gasteiger charge is -2.12. The number of methoxy groups -OCH3 is 1. The normalized spacial score (nSPS) is 9.92. The average molecular weight is 327 g/mol. The zero-order valence-electron chi connectivity index (χ0n) is 13.8. The molecule has 0 saturated carbocycles. The Morgan fingerprint density at radius 1 is 1.04 bits per heavy atom. The van der Waals surface area contributed by atoms with Crippen molar-refractivity contribution in [2.75, 3.05) is 24.3 Å². The highest BCUT2D eigenvalue weighted by molar-refractivity contribution is 6.06. The molecule has 0 radical (unpaired) electrons. The first-order valence-corrected chi connectivity index (χ1v) is 7.73. The molecule has 2 rings (SSSR count). The maximum absolute atomic E-state index is 12.2.